The van der Waals surface area contributed by atoms with Crippen LogP contribution in [-0.2, 0) is 17.8 Å². The number of ether oxygens (including phenoxy) is 1. The molecule has 164 valence electrons. The lowest BCUT2D eigenvalue weighted by atomic mass is 10.1. The van der Waals surface area contributed by atoms with E-state index in [1.165, 1.54) is 23.8 Å². The fourth-order valence-corrected chi connectivity index (χ4v) is 3.55. The number of hydrogen-bond acceptors (Lipinski definition) is 2. The summed E-state index contributed by atoms with van der Waals surface area (Å²) in [7, 11) is 0. The van der Waals surface area contributed by atoms with Gasteiger partial charge in [-0.05, 0) is 37.5 Å². The zero-order valence-corrected chi connectivity index (χ0v) is 19.7. The number of halogens is 3. The molecular weight excluding hydrogens is 499 g/mol. The highest BCUT2D eigenvalue weighted by Gasteiger charge is 2.25. The van der Waals surface area contributed by atoms with Crippen molar-refractivity contribution in [3.63, 3.8) is 0 Å². The molecule has 2 aromatic rings. The topological polar surface area (TPSA) is 36.9 Å². The van der Waals surface area contributed by atoms with Gasteiger partial charge >= 0.3 is 0 Å². The molecule has 1 aliphatic heterocycles. The zero-order chi connectivity index (χ0) is 20.5. The molecule has 0 aliphatic carbocycles. The predicted octanol–water partition coefficient (Wildman–Crippen LogP) is 4.63. The molecule has 0 aromatic heterocycles. The molecule has 1 heterocycles. The molecular formula is C23H30F2IN3O. The van der Waals surface area contributed by atoms with Crippen molar-refractivity contribution in [3.8, 4) is 0 Å². The Bertz CT molecular complexity index is 784. The summed E-state index contributed by atoms with van der Waals surface area (Å²) in [6.45, 7) is 6.21. The third kappa shape index (κ3) is 7.19. The number of hydrogen-bond donors (Lipinski definition) is 1. The highest BCUT2D eigenvalue weighted by atomic mass is 127. The molecule has 0 saturated carbocycles. The van der Waals surface area contributed by atoms with Crippen LogP contribution in [0.5, 0.6) is 0 Å². The van der Waals surface area contributed by atoms with E-state index >= 15 is 0 Å². The van der Waals surface area contributed by atoms with Crippen LogP contribution in [0.3, 0.4) is 0 Å². The van der Waals surface area contributed by atoms with E-state index in [-0.39, 0.29) is 36.0 Å². The lowest BCUT2D eigenvalue weighted by molar-refractivity contribution is 0.0907. The molecule has 1 N–H and O–H groups in total. The molecule has 1 saturated heterocycles. The van der Waals surface area contributed by atoms with Gasteiger partial charge in [-0.25, -0.2) is 8.78 Å². The third-order valence-electron chi connectivity index (χ3n) is 5.07. The summed E-state index contributed by atoms with van der Waals surface area (Å²) in [4.78, 5) is 6.80. The first-order valence-electron chi connectivity index (χ1n) is 10.2. The first-order valence-corrected chi connectivity index (χ1v) is 10.2. The van der Waals surface area contributed by atoms with Crippen molar-refractivity contribution in [2.75, 3.05) is 32.8 Å². The number of aliphatic imine (C=N–C) groups is 1. The fraction of sp³-hybridized carbons (Fsp3) is 0.435. The summed E-state index contributed by atoms with van der Waals surface area (Å²) < 4.78 is 33.5. The van der Waals surface area contributed by atoms with Crippen molar-refractivity contribution >= 4 is 29.9 Å². The summed E-state index contributed by atoms with van der Waals surface area (Å²) in [5.74, 6) is 0.227. The Morgan fingerprint density at radius 3 is 2.57 bits per heavy atom. The Morgan fingerprint density at radius 2 is 1.87 bits per heavy atom. The lowest BCUT2D eigenvalue weighted by Gasteiger charge is -2.21. The van der Waals surface area contributed by atoms with Crippen molar-refractivity contribution < 1.29 is 13.5 Å². The Hall–Kier alpha value is -1.74. The minimum Gasteiger partial charge on any atom is -0.376 e. The standard InChI is InChI=1S/C23H29F2N3O.HI/c1-2-26-23(27-13-11-20-21(24)9-6-10-22(20)25)28-14-12-19(15-28)17-29-16-18-7-4-3-5-8-18;/h3-10,19H,2,11-17H2,1H3,(H,26,27);1H. The summed E-state index contributed by atoms with van der Waals surface area (Å²) in [5, 5.41) is 3.29. The molecule has 1 aliphatic rings. The summed E-state index contributed by atoms with van der Waals surface area (Å²) in [6.07, 6.45) is 1.28. The van der Waals surface area contributed by atoms with Crippen LogP contribution < -0.4 is 5.32 Å². The largest absolute Gasteiger partial charge is 0.376 e. The quantitative estimate of drug-likeness (QED) is 0.308. The molecule has 0 radical (unpaired) electrons. The maximum atomic E-state index is 13.8. The molecule has 0 amide bonds. The smallest absolute Gasteiger partial charge is 0.193 e. The normalized spacial score (nSPS) is 16.4. The van der Waals surface area contributed by atoms with Gasteiger partial charge in [0.2, 0.25) is 0 Å². The molecule has 1 fully saturated rings. The van der Waals surface area contributed by atoms with Crippen LogP contribution in [0.1, 0.15) is 24.5 Å². The van der Waals surface area contributed by atoms with Crippen LogP contribution >= 0.6 is 24.0 Å². The van der Waals surface area contributed by atoms with E-state index in [1.54, 1.807) is 0 Å². The van der Waals surface area contributed by atoms with E-state index in [9.17, 15) is 8.78 Å². The molecule has 0 bridgehead atoms. The van der Waals surface area contributed by atoms with E-state index in [1.807, 2.05) is 25.1 Å². The highest BCUT2D eigenvalue weighted by molar-refractivity contribution is 14.0. The van der Waals surface area contributed by atoms with Gasteiger partial charge in [-0.15, -0.1) is 24.0 Å². The molecule has 3 rings (SSSR count). The number of rotatable bonds is 8. The second-order valence-electron chi connectivity index (χ2n) is 7.29. The van der Waals surface area contributed by atoms with Crippen molar-refractivity contribution in [1.82, 2.24) is 10.2 Å². The van der Waals surface area contributed by atoms with Gasteiger partial charge in [0.25, 0.3) is 0 Å². The van der Waals surface area contributed by atoms with Crippen molar-refractivity contribution in [3.05, 3.63) is 71.3 Å². The Labute approximate surface area is 194 Å². The van der Waals surface area contributed by atoms with Crippen molar-refractivity contribution in [2.24, 2.45) is 10.9 Å². The maximum Gasteiger partial charge on any atom is 0.193 e. The Kier molecular flexibility index (Phi) is 10.5. The van der Waals surface area contributed by atoms with Gasteiger partial charge in [-0.2, -0.15) is 0 Å². The molecule has 4 nitrogen and oxygen atoms in total. The lowest BCUT2D eigenvalue weighted by Crippen LogP contribution is -2.40. The van der Waals surface area contributed by atoms with E-state index in [4.69, 9.17) is 4.74 Å². The summed E-state index contributed by atoms with van der Waals surface area (Å²) in [6, 6.07) is 14.1. The van der Waals surface area contributed by atoms with Crippen LogP contribution in [0.2, 0.25) is 0 Å². The Morgan fingerprint density at radius 1 is 1.13 bits per heavy atom. The average molecular weight is 529 g/mol. The highest BCUT2D eigenvalue weighted by Crippen LogP contribution is 2.18. The molecule has 1 atom stereocenters. The minimum atomic E-state index is -0.512. The Balaban J connectivity index is 0.00000320. The number of nitrogens with zero attached hydrogens (tertiary/aromatic N) is 2. The molecule has 30 heavy (non-hydrogen) atoms. The fourth-order valence-electron chi connectivity index (χ4n) is 3.55. The van der Waals surface area contributed by atoms with Crippen LogP contribution in [0.4, 0.5) is 8.78 Å². The summed E-state index contributed by atoms with van der Waals surface area (Å²) in [5.41, 5.74) is 1.28. The van der Waals surface area contributed by atoms with Gasteiger partial charge in [-0.1, -0.05) is 36.4 Å². The van der Waals surface area contributed by atoms with Gasteiger partial charge in [0, 0.05) is 37.7 Å². The van der Waals surface area contributed by atoms with E-state index in [0.717, 1.165) is 32.0 Å². The van der Waals surface area contributed by atoms with Gasteiger partial charge in [0.15, 0.2) is 5.96 Å². The van der Waals surface area contributed by atoms with Gasteiger partial charge < -0.3 is 15.0 Å². The number of likely N-dealkylation sites (tertiary alicyclic amines) is 1. The first-order chi connectivity index (χ1) is 14.2. The molecule has 0 spiro atoms. The van der Waals surface area contributed by atoms with Crippen molar-refractivity contribution in [1.29, 1.82) is 0 Å². The number of nitrogens with one attached hydrogen (secondary N) is 1. The van der Waals surface area contributed by atoms with Crippen LogP contribution in [-0.4, -0.2) is 43.6 Å². The van der Waals surface area contributed by atoms with E-state index in [0.29, 0.717) is 25.7 Å². The van der Waals surface area contributed by atoms with Gasteiger partial charge in [0.05, 0.1) is 13.2 Å². The van der Waals surface area contributed by atoms with Gasteiger partial charge in [-0.3, -0.25) is 4.99 Å². The third-order valence-corrected chi connectivity index (χ3v) is 5.07. The van der Waals surface area contributed by atoms with E-state index in [2.05, 4.69) is 27.3 Å². The first kappa shape index (κ1) is 24.5. The summed E-state index contributed by atoms with van der Waals surface area (Å²) >= 11 is 0. The minimum absolute atomic E-state index is 0. The maximum absolute atomic E-state index is 13.8. The second-order valence-corrected chi connectivity index (χ2v) is 7.29. The van der Waals surface area contributed by atoms with Crippen LogP contribution in [0.15, 0.2) is 53.5 Å². The number of benzene rings is 2. The van der Waals surface area contributed by atoms with Crippen LogP contribution in [0.25, 0.3) is 0 Å². The van der Waals surface area contributed by atoms with Gasteiger partial charge in [0.1, 0.15) is 11.6 Å². The molecule has 7 heteroatoms. The van der Waals surface area contributed by atoms with Crippen LogP contribution in [0, 0.1) is 17.6 Å². The SMILES string of the molecule is CCNC(=NCCc1c(F)cccc1F)N1CCC(COCc2ccccc2)C1.I. The average Bonchev–Trinajstić information content (AvgIpc) is 3.19. The molecule has 2 aromatic carbocycles. The second kappa shape index (κ2) is 12.8. The number of guanidine groups is 1. The zero-order valence-electron chi connectivity index (χ0n) is 17.3. The van der Waals surface area contributed by atoms with Crippen molar-refractivity contribution in [2.45, 2.75) is 26.4 Å². The predicted molar refractivity (Wildman–Crippen MR) is 127 cm³/mol. The monoisotopic (exact) mass is 529 g/mol. The van der Waals surface area contributed by atoms with E-state index < -0.39 is 11.6 Å². The molecule has 1 unspecified atom stereocenters.